The number of carbonyl (C=O) groups excluding carboxylic acids is 1. The Bertz CT molecular complexity index is 620. The predicted molar refractivity (Wildman–Crippen MR) is 85.1 cm³/mol. The largest absolute Gasteiger partial charge is 0.486 e. The minimum Gasteiger partial charge on any atom is -0.486 e. The number of rotatable bonds is 7. The number of amides is 1. The fraction of sp³-hybridized carbons (Fsp3) is 0.412. The number of nitrogens with one attached hydrogen (secondary N) is 1. The summed E-state index contributed by atoms with van der Waals surface area (Å²) in [5.41, 5.74) is 0.772. The Balaban J connectivity index is 1.98. The summed E-state index contributed by atoms with van der Waals surface area (Å²) < 4.78 is 16.1. The molecule has 122 valence electrons. The lowest BCUT2D eigenvalue weighted by Crippen LogP contribution is -2.26. The van der Waals surface area contributed by atoms with Gasteiger partial charge in [-0.05, 0) is 37.1 Å². The third kappa shape index (κ3) is 5.01. The number of fused-ring (bicyclic) bond motifs is 1. The van der Waals surface area contributed by atoms with E-state index in [-0.39, 0.29) is 11.5 Å². The van der Waals surface area contributed by atoms with Crippen LogP contribution in [0.2, 0.25) is 0 Å². The van der Waals surface area contributed by atoms with Crippen molar-refractivity contribution in [1.82, 2.24) is 5.32 Å². The molecule has 0 aromatic heterocycles. The highest BCUT2D eigenvalue weighted by atomic mass is 16.6. The van der Waals surface area contributed by atoms with Gasteiger partial charge in [-0.25, -0.2) is 0 Å². The minimum atomic E-state index is -0.390. The third-order valence-electron chi connectivity index (χ3n) is 3.20. The van der Waals surface area contributed by atoms with E-state index in [1.807, 2.05) is 13.0 Å². The molecule has 1 N–H and O–H groups in total. The average molecular weight is 316 g/mol. The van der Waals surface area contributed by atoms with Crippen LogP contribution in [0, 0.1) is 11.3 Å². The summed E-state index contributed by atoms with van der Waals surface area (Å²) in [7, 11) is 0. The van der Waals surface area contributed by atoms with Crippen molar-refractivity contribution < 1.29 is 19.0 Å². The first-order chi connectivity index (χ1) is 11.2. The van der Waals surface area contributed by atoms with E-state index in [0.29, 0.717) is 50.9 Å². The van der Waals surface area contributed by atoms with Gasteiger partial charge in [-0.2, -0.15) is 5.26 Å². The second-order valence-electron chi connectivity index (χ2n) is 4.88. The molecular formula is C17H20N2O4. The zero-order valence-electron chi connectivity index (χ0n) is 13.1. The maximum absolute atomic E-state index is 12.0. The second kappa shape index (κ2) is 8.81. The van der Waals surface area contributed by atoms with Gasteiger partial charge in [0, 0.05) is 19.8 Å². The van der Waals surface area contributed by atoms with Crippen molar-refractivity contribution in [2.75, 3.05) is 33.0 Å². The average Bonchev–Trinajstić information content (AvgIpc) is 2.59. The van der Waals surface area contributed by atoms with Gasteiger partial charge in [0.05, 0.1) is 0 Å². The number of benzene rings is 1. The lowest BCUT2D eigenvalue weighted by molar-refractivity contribution is -0.117. The molecule has 1 aromatic rings. The van der Waals surface area contributed by atoms with E-state index in [0.717, 1.165) is 5.56 Å². The molecule has 0 saturated carbocycles. The van der Waals surface area contributed by atoms with E-state index in [2.05, 4.69) is 5.32 Å². The van der Waals surface area contributed by atoms with Crippen LogP contribution in [0.3, 0.4) is 0 Å². The highest BCUT2D eigenvalue weighted by molar-refractivity contribution is 6.01. The lowest BCUT2D eigenvalue weighted by atomic mass is 10.1. The Morgan fingerprint density at radius 1 is 1.39 bits per heavy atom. The first kappa shape index (κ1) is 16.8. The van der Waals surface area contributed by atoms with Gasteiger partial charge < -0.3 is 19.5 Å². The van der Waals surface area contributed by atoms with Crippen LogP contribution in [0.25, 0.3) is 6.08 Å². The van der Waals surface area contributed by atoms with Crippen LogP contribution in [-0.4, -0.2) is 38.9 Å². The first-order valence-corrected chi connectivity index (χ1v) is 7.62. The van der Waals surface area contributed by atoms with E-state index in [1.54, 1.807) is 18.2 Å². The molecule has 0 atom stereocenters. The zero-order valence-corrected chi connectivity index (χ0v) is 13.1. The van der Waals surface area contributed by atoms with E-state index >= 15 is 0 Å². The molecule has 1 aromatic carbocycles. The summed E-state index contributed by atoms with van der Waals surface area (Å²) in [5.74, 6) is 0.908. The van der Waals surface area contributed by atoms with Crippen molar-refractivity contribution in [3.63, 3.8) is 0 Å². The Morgan fingerprint density at radius 2 is 2.17 bits per heavy atom. The normalized spacial score (nSPS) is 13.3. The van der Waals surface area contributed by atoms with Gasteiger partial charge in [0.25, 0.3) is 5.91 Å². The molecule has 2 rings (SSSR count). The molecule has 0 spiro atoms. The van der Waals surface area contributed by atoms with Crippen LogP contribution in [0.15, 0.2) is 23.8 Å². The number of nitriles is 1. The fourth-order valence-electron chi connectivity index (χ4n) is 2.08. The Kier molecular flexibility index (Phi) is 6.45. The quantitative estimate of drug-likeness (QED) is 0.472. The standard InChI is InChI=1S/C17H20N2O4/c1-2-21-7-3-6-19-17(20)14(12-18)10-13-4-5-15-16(11-13)23-9-8-22-15/h4-5,10-11H,2-3,6-9H2,1H3,(H,19,20)/b14-10+. The van der Waals surface area contributed by atoms with Crippen molar-refractivity contribution in [3.05, 3.63) is 29.3 Å². The van der Waals surface area contributed by atoms with Crippen molar-refractivity contribution in [2.24, 2.45) is 0 Å². The molecule has 6 heteroatoms. The van der Waals surface area contributed by atoms with E-state index in [1.165, 1.54) is 6.08 Å². The summed E-state index contributed by atoms with van der Waals surface area (Å²) in [6, 6.07) is 7.24. The number of carbonyl (C=O) groups is 1. The maximum Gasteiger partial charge on any atom is 0.261 e. The molecule has 23 heavy (non-hydrogen) atoms. The van der Waals surface area contributed by atoms with Gasteiger partial charge in [-0.15, -0.1) is 0 Å². The predicted octanol–water partition coefficient (Wildman–Crippen LogP) is 1.91. The molecule has 1 aliphatic rings. The van der Waals surface area contributed by atoms with Crippen molar-refractivity contribution >= 4 is 12.0 Å². The molecule has 0 radical (unpaired) electrons. The van der Waals surface area contributed by atoms with Crippen LogP contribution >= 0.6 is 0 Å². The fourth-order valence-corrected chi connectivity index (χ4v) is 2.08. The molecule has 0 unspecified atom stereocenters. The van der Waals surface area contributed by atoms with Crippen molar-refractivity contribution in [2.45, 2.75) is 13.3 Å². The van der Waals surface area contributed by atoms with E-state index < -0.39 is 0 Å². The molecular weight excluding hydrogens is 296 g/mol. The molecule has 1 heterocycles. The molecule has 0 saturated heterocycles. The smallest absolute Gasteiger partial charge is 0.261 e. The van der Waals surface area contributed by atoms with Gasteiger partial charge in [-0.3, -0.25) is 4.79 Å². The van der Waals surface area contributed by atoms with E-state index in [9.17, 15) is 10.1 Å². The number of hydrogen-bond acceptors (Lipinski definition) is 5. The Labute approximate surface area is 135 Å². The molecule has 1 aliphatic heterocycles. The van der Waals surface area contributed by atoms with Gasteiger partial charge >= 0.3 is 0 Å². The zero-order chi connectivity index (χ0) is 16.5. The molecule has 0 fully saturated rings. The maximum atomic E-state index is 12.0. The summed E-state index contributed by atoms with van der Waals surface area (Å²) in [6.07, 6.45) is 2.25. The number of hydrogen-bond donors (Lipinski definition) is 1. The highest BCUT2D eigenvalue weighted by Gasteiger charge is 2.13. The second-order valence-corrected chi connectivity index (χ2v) is 4.88. The third-order valence-corrected chi connectivity index (χ3v) is 3.20. The summed E-state index contributed by atoms with van der Waals surface area (Å²) in [6.45, 7) is 4.65. The molecule has 0 bridgehead atoms. The number of ether oxygens (including phenoxy) is 3. The molecule has 1 amide bonds. The first-order valence-electron chi connectivity index (χ1n) is 7.62. The van der Waals surface area contributed by atoms with Gasteiger partial charge in [0.2, 0.25) is 0 Å². The van der Waals surface area contributed by atoms with Gasteiger partial charge in [0.1, 0.15) is 24.9 Å². The Morgan fingerprint density at radius 3 is 2.91 bits per heavy atom. The highest BCUT2D eigenvalue weighted by Crippen LogP contribution is 2.31. The SMILES string of the molecule is CCOCCCNC(=O)/C(C#N)=C/c1ccc2c(c1)OCCO2. The van der Waals surface area contributed by atoms with Crippen LogP contribution in [0.5, 0.6) is 11.5 Å². The van der Waals surface area contributed by atoms with Crippen LogP contribution in [-0.2, 0) is 9.53 Å². The molecule has 6 nitrogen and oxygen atoms in total. The van der Waals surface area contributed by atoms with Crippen LogP contribution in [0.1, 0.15) is 18.9 Å². The van der Waals surface area contributed by atoms with Gasteiger partial charge in [0.15, 0.2) is 11.5 Å². The lowest BCUT2D eigenvalue weighted by Gasteiger charge is -2.18. The van der Waals surface area contributed by atoms with Gasteiger partial charge in [-0.1, -0.05) is 6.07 Å². The van der Waals surface area contributed by atoms with Crippen LogP contribution in [0.4, 0.5) is 0 Å². The number of nitrogens with zero attached hydrogens (tertiary/aromatic N) is 1. The van der Waals surface area contributed by atoms with Crippen molar-refractivity contribution in [3.8, 4) is 17.6 Å². The summed E-state index contributed by atoms with van der Waals surface area (Å²) in [5, 5.41) is 11.9. The molecule has 0 aliphatic carbocycles. The van der Waals surface area contributed by atoms with Crippen molar-refractivity contribution in [1.29, 1.82) is 5.26 Å². The Hall–Kier alpha value is -2.52. The monoisotopic (exact) mass is 316 g/mol. The van der Waals surface area contributed by atoms with Crippen LogP contribution < -0.4 is 14.8 Å². The summed E-state index contributed by atoms with van der Waals surface area (Å²) in [4.78, 5) is 12.0. The van der Waals surface area contributed by atoms with E-state index in [4.69, 9.17) is 14.2 Å². The summed E-state index contributed by atoms with van der Waals surface area (Å²) >= 11 is 0. The minimum absolute atomic E-state index is 0.0538. The topological polar surface area (TPSA) is 80.6 Å².